The van der Waals surface area contributed by atoms with Gasteiger partial charge >= 0.3 is 0 Å². The van der Waals surface area contributed by atoms with Crippen LogP contribution in [0, 0.1) is 0 Å². The van der Waals surface area contributed by atoms with Crippen LogP contribution in [0.25, 0.3) is 28.2 Å². The first-order valence-electron chi connectivity index (χ1n) is 11.1. The monoisotopic (exact) mass is 473 g/mol. The number of carbonyl (C=O) groups excluding carboxylic acids is 1. The van der Waals surface area contributed by atoms with Crippen LogP contribution in [0.3, 0.4) is 0 Å². The highest BCUT2D eigenvalue weighted by atomic mass is 35.5. The molecular weight excluding hydrogens is 450 g/mol. The van der Waals surface area contributed by atoms with Gasteiger partial charge in [-0.1, -0.05) is 72.3 Å². The van der Waals surface area contributed by atoms with E-state index in [4.69, 9.17) is 16.6 Å². The van der Waals surface area contributed by atoms with Crippen molar-refractivity contribution in [3.8, 4) is 11.3 Å². The molecule has 33 heavy (non-hydrogen) atoms. The van der Waals surface area contributed by atoms with E-state index in [1.54, 1.807) is 0 Å². The Morgan fingerprint density at radius 1 is 1.00 bits per heavy atom. The molecule has 1 saturated heterocycles. The maximum absolute atomic E-state index is 13.6. The van der Waals surface area contributed by atoms with Gasteiger partial charge in [0.15, 0.2) is 0 Å². The number of rotatable bonds is 5. The molecule has 3 heterocycles. The number of carbonyl (C=O) groups is 1. The summed E-state index contributed by atoms with van der Waals surface area (Å²) in [7, 11) is 0. The summed E-state index contributed by atoms with van der Waals surface area (Å²) in [6.07, 6.45) is 4.35. The maximum atomic E-state index is 13.6. The number of thiophene rings is 1. The third kappa shape index (κ3) is 4.86. The second kappa shape index (κ2) is 9.87. The number of nitrogens with zero attached hydrogens (tertiary/aromatic N) is 3. The Labute approximate surface area is 202 Å². The lowest BCUT2D eigenvalue weighted by Gasteiger charge is -2.34. The quantitative estimate of drug-likeness (QED) is 0.352. The number of hydrogen-bond acceptors (Lipinski definition) is 4. The molecule has 0 spiro atoms. The van der Waals surface area contributed by atoms with E-state index in [1.807, 2.05) is 64.9 Å². The number of pyridine rings is 1. The third-order valence-corrected chi connectivity index (χ3v) is 7.14. The molecule has 2 aromatic heterocycles. The molecular formula is C27H24ClN3OS. The van der Waals surface area contributed by atoms with Gasteiger partial charge in [-0.25, -0.2) is 4.98 Å². The zero-order valence-electron chi connectivity index (χ0n) is 18.2. The largest absolute Gasteiger partial charge is 0.336 e. The van der Waals surface area contributed by atoms with Crippen LogP contribution < -0.4 is 0 Å². The number of para-hydroxylation sites is 1. The summed E-state index contributed by atoms with van der Waals surface area (Å²) in [4.78, 5) is 22.7. The van der Waals surface area contributed by atoms with Crippen molar-refractivity contribution in [2.24, 2.45) is 0 Å². The van der Waals surface area contributed by atoms with Gasteiger partial charge in [-0.05, 0) is 29.1 Å². The normalized spacial score (nSPS) is 14.9. The lowest BCUT2D eigenvalue weighted by atomic mass is 10.0. The smallest absolute Gasteiger partial charge is 0.254 e. The molecule has 0 saturated carbocycles. The molecule has 0 atom stereocenters. The Morgan fingerprint density at radius 2 is 1.76 bits per heavy atom. The van der Waals surface area contributed by atoms with Gasteiger partial charge in [0.25, 0.3) is 5.91 Å². The predicted octanol–water partition coefficient (Wildman–Crippen LogP) is 6.09. The van der Waals surface area contributed by atoms with Crippen LogP contribution >= 0.6 is 22.9 Å². The molecule has 4 aromatic rings. The van der Waals surface area contributed by atoms with Crippen LogP contribution in [-0.2, 0) is 0 Å². The van der Waals surface area contributed by atoms with Crippen LogP contribution in [-0.4, -0.2) is 53.4 Å². The number of amides is 1. The molecule has 0 aliphatic carbocycles. The first-order chi connectivity index (χ1) is 16.2. The van der Waals surface area contributed by atoms with E-state index in [-0.39, 0.29) is 5.91 Å². The topological polar surface area (TPSA) is 36.4 Å². The van der Waals surface area contributed by atoms with Gasteiger partial charge < -0.3 is 4.90 Å². The summed E-state index contributed by atoms with van der Waals surface area (Å²) in [5.74, 6) is 0.0562. The van der Waals surface area contributed by atoms with Crippen LogP contribution in [0.5, 0.6) is 0 Å². The average molecular weight is 474 g/mol. The molecule has 0 unspecified atom stereocenters. The van der Waals surface area contributed by atoms with Crippen molar-refractivity contribution in [2.75, 3.05) is 32.7 Å². The standard InChI is InChI=1S/C27H24ClN3OS/c28-26-22(12-18-33-26)25-19-23(21-10-4-5-11-24(21)29-25)27(32)31-16-14-30(15-17-31)13-6-9-20-7-2-1-3-8-20/h1-12,18-19H,13-17H2/b9-6+. The predicted molar refractivity (Wildman–Crippen MR) is 138 cm³/mol. The lowest BCUT2D eigenvalue weighted by molar-refractivity contribution is 0.0652. The fourth-order valence-corrected chi connectivity index (χ4v) is 5.11. The van der Waals surface area contributed by atoms with Gasteiger partial charge in [0.2, 0.25) is 0 Å². The lowest BCUT2D eigenvalue weighted by Crippen LogP contribution is -2.48. The minimum absolute atomic E-state index is 0.0562. The fourth-order valence-electron chi connectivity index (χ4n) is 4.17. The number of fused-ring (bicyclic) bond motifs is 1. The van der Waals surface area contributed by atoms with Crippen molar-refractivity contribution >= 4 is 45.8 Å². The van der Waals surface area contributed by atoms with Crippen molar-refractivity contribution in [3.05, 3.63) is 93.6 Å². The Kier molecular flexibility index (Phi) is 6.53. The molecule has 0 radical (unpaired) electrons. The number of halogens is 1. The molecule has 166 valence electrons. The molecule has 1 fully saturated rings. The Morgan fingerprint density at radius 3 is 2.52 bits per heavy atom. The van der Waals surface area contributed by atoms with Gasteiger partial charge in [0.1, 0.15) is 4.34 Å². The molecule has 0 bridgehead atoms. The van der Waals surface area contributed by atoms with Gasteiger partial charge in [-0.3, -0.25) is 9.69 Å². The van der Waals surface area contributed by atoms with Gasteiger partial charge in [0, 0.05) is 43.7 Å². The highest BCUT2D eigenvalue weighted by Gasteiger charge is 2.24. The van der Waals surface area contributed by atoms with Crippen molar-refractivity contribution in [2.45, 2.75) is 0 Å². The Balaban J connectivity index is 1.31. The van der Waals surface area contributed by atoms with Gasteiger partial charge in [0.05, 0.1) is 16.8 Å². The first kappa shape index (κ1) is 21.8. The van der Waals surface area contributed by atoms with E-state index in [2.05, 4.69) is 29.2 Å². The number of aromatic nitrogens is 1. The number of piperazine rings is 1. The summed E-state index contributed by atoms with van der Waals surface area (Å²) in [6.45, 7) is 4.02. The SMILES string of the molecule is O=C(c1cc(-c2ccsc2Cl)nc2ccccc12)N1CCN(C/C=C/c2ccccc2)CC1. The zero-order chi connectivity index (χ0) is 22.6. The molecule has 1 aliphatic heterocycles. The minimum Gasteiger partial charge on any atom is -0.336 e. The Hall–Kier alpha value is -2.99. The van der Waals surface area contributed by atoms with Gasteiger partial charge in [-0.15, -0.1) is 11.3 Å². The molecule has 2 aromatic carbocycles. The van der Waals surface area contributed by atoms with E-state index in [9.17, 15) is 4.79 Å². The molecule has 1 aliphatic rings. The number of hydrogen-bond donors (Lipinski definition) is 0. The summed E-state index contributed by atoms with van der Waals surface area (Å²) in [5.41, 5.74) is 4.32. The summed E-state index contributed by atoms with van der Waals surface area (Å²) in [6, 6.07) is 22.0. The summed E-state index contributed by atoms with van der Waals surface area (Å²) in [5, 5.41) is 2.83. The molecule has 5 rings (SSSR count). The van der Waals surface area contributed by atoms with E-state index in [0.717, 1.165) is 41.8 Å². The second-order valence-electron chi connectivity index (χ2n) is 8.09. The summed E-state index contributed by atoms with van der Waals surface area (Å²) < 4.78 is 0.688. The zero-order valence-corrected chi connectivity index (χ0v) is 19.7. The van der Waals surface area contributed by atoms with E-state index >= 15 is 0 Å². The highest BCUT2D eigenvalue weighted by Crippen LogP contribution is 2.34. The maximum Gasteiger partial charge on any atom is 0.254 e. The number of benzene rings is 2. The molecule has 1 amide bonds. The molecule has 6 heteroatoms. The fraction of sp³-hybridized carbons (Fsp3) is 0.185. The van der Waals surface area contributed by atoms with E-state index in [1.165, 1.54) is 16.9 Å². The molecule has 4 nitrogen and oxygen atoms in total. The third-order valence-electron chi connectivity index (χ3n) is 5.97. The highest BCUT2D eigenvalue weighted by molar-refractivity contribution is 7.15. The van der Waals surface area contributed by atoms with Crippen molar-refractivity contribution < 1.29 is 4.79 Å². The van der Waals surface area contributed by atoms with Crippen LogP contribution in [0.4, 0.5) is 0 Å². The minimum atomic E-state index is 0.0562. The van der Waals surface area contributed by atoms with Crippen molar-refractivity contribution in [3.63, 3.8) is 0 Å². The molecule has 0 N–H and O–H groups in total. The van der Waals surface area contributed by atoms with E-state index in [0.29, 0.717) is 23.0 Å². The average Bonchev–Trinajstić information content (AvgIpc) is 3.30. The second-order valence-corrected chi connectivity index (χ2v) is 9.60. The Bertz CT molecular complexity index is 1290. The van der Waals surface area contributed by atoms with Crippen LogP contribution in [0.1, 0.15) is 15.9 Å². The first-order valence-corrected chi connectivity index (χ1v) is 12.3. The summed E-state index contributed by atoms with van der Waals surface area (Å²) >= 11 is 7.85. The van der Waals surface area contributed by atoms with Gasteiger partial charge in [-0.2, -0.15) is 0 Å². The van der Waals surface area contributed by atoms with Crippen LogP contribution in [0.15, 0.2) is 78.2 Å². The van der Waals surface area contributed by atoms with Crippen molar-refractivity contribution in [1.29, 1.82) is 0 Å². The van der Waals surface area contributed by atoms with Crippen LogP contribution in [0.2, 0.25) is 4.34 Å². The van der Waals surface area contributed by atoms with Crippen molar-refractivity contribution in [1.82, 2.24) is 14.8 Å². The van der Waals surface area contributed by atoms with E-state index < -0.39 is 0 Å².